The van der Waals surface area contributed by atoms with E-state index in [0.717, 1.165) is 51.3 Å². The fraction of sp³-hybridized carbons (Fsp3) is 0.220. The van der Waals surface area contributed by atoms with Crippen LogP contribution in [0.1, 0.15) is 47.3 Å². The van der Waals surface area contributed by atoms with Crippen molar-refractivity contribution >= 4 is 33.6 Å². The van der Waals surface area contributed by atoms with Crippen molar-refractivity contribution < 1.29 is 23.8 Å². The largest absolute Gasteiger partial charge is 0.481 e. The fourth-order valence-corrected chi connectivity index (χ4v) is 7.01. The van der Waals surface area contributed by atoms with Crippen molar-refractivity contribution in [1.82, 2.24) is 35.1 Å². The molecule has 6 aromatic rings. The summed E-state index contributed by atoms with van der Waals surface area (Å²) in [5.74, 6) is 7.17. The Morgan fingerprint density at radius 1 is 0.849 bits per heavy atom. The lowest BCUT2D eigenvalue weighted by Gasteiger charge is -2.34. The van der Waals surface area contributed by atoms with Crippen LogP contribution in [-0.2, 0) is 11.3 Å². The first-order valence-corrected chi connectivity index (χ1v) is 17.4. The zero-order valence-corrected chi connectivity index (χ0v) is 28.5. The minimum atomic E-state index is -0.501. The third-order valence-electron chi connectivity index (χ3n) is 9.86. The Hall–Kier alpha value is -6.74. The summed E-state index contributed by atoms with van der Waals surface area (Å²) in [5.41, 5.74) is 6.79. The number of benzene rings is 2. The molecule has 2 fully saturated rings. The molecule has 1 atom stereocenters. The van der Waals surface area contributed by atoms with E-state index in [1.165, 1.54) is 0 Å². The van der Waals surface area contributed by atoms with Crippen LogP contribution in [0, 0.1) is 11.8 Å². The van der Waals surface area contributed by atoms with E-state index in [9.17, 15) is 9.59 Å². The van der Waals surface area contributed by atoms with E-state index < -0.39 is 6.04 Å². The number of amides is 2. The minimum Gasteiger partial charge on any atom is -0.481 e. The Labute approximate surface area is 304 Å². The Morgan fingerprint density at radius 2 is 1.70 bits per heavy atom. The van der Waals surface area contributed by atoms with Crippen LogP contribution in [0.5, 0.6) is 17.5 Å². The van der Waals surface area contributed by atoms with Crippen molar-refractivity contribution in [2.45, 2.75) is 50.5 Å². The number of H-pyrrole nitrogens is 1. The second kappa shape index (κ2) is 13.4. The van der Waals surface area contributed by atoms with E-state index in [1.807, 2.05) is 36.7 Å². The fourth-order valence-electron chi connectivity index (χ4n) is 7.01. The molecule has 0 radical (unpaired) electrons. The Balaban J connectivity index is 0.724. The first kappa shape index (κ1) is 32.2. The second-order valence-electron chi connectivity index (χ2n) is 13.4. The van der Waals surface area contributed by atoms with Crippen LogP contribution in [0.3, 0.4) is 0 Å². The number of ether oxygens (including phenoxy) is 3. The second-order valence-corrected chi connectivity index (χ2v) is 13.4. The zero-order valence-electron chi connectivity index (χ0n) is 28.5. The summed E-state index contributed by atoms with van der Waals surface area (Å²) in [7, 11) is 0. The molecule has 9 rings (SSSR count). The molecule has 6 heterocycles. The molecule has 12 heteroatoms. The molecule has 2 aromatic carbocycles. The van der Waals surface area contributed by atoms with Crippen LogP contribution in [0.25, 0.3) is 32.9 Å². The number of rotatable bonds is 8. The Kier molecular flexibility index (Phi) is 8.15. The molecule has 1 unspecified atom stereocenters. The Morgan fingerprint density at radius 3 is 2.51 bits per heavy atom. The van der Waals surface area contributed by atoms with Crippen molar-refractivity contribution in [3.05, 3.63) is 115 Å². The molecule has 0 bridgehead atoms. The van der Waals surface area contributed by atoms with E-state index in [4.69, 9.17) is 14.2 Å². The van der Waals surface area contributed by atoms with Gasteiger partial charge in [0.25, 0.3) is 5.91 Å². The summed E-state index contributed by atoms with van der Waals surface area (Å²) in [5, 5.41) is 5.01. The van der Waals surface area contributed by atoms with Crippen LogP contribution in [0.15, 0.2) is 97.9 Å². The smallest absolute Gasteiger partial charge is 0.255 e. The van der Waals surface area contributed by atoms with Gasteiger partial charge >= 0.3 is 0 Å². The number of aromatic amines is 1. The highest BCUT2D eigenvalue weighted by molar-refractivity contribution is 6.07. The molecule has 53 heavy (non-hydrogen) atoms. The number of pyridine rings is 2. The molecular formula is C41H33N7O5. The minimum absolute atomic E-state index is 0.0112. The topological polar surface area (TPSA) is 144 Å². The third-order valence-corrected chi connectivity index (χ3v) is 9.86. The highest BCUT2D eigenvalue weighted by Crippen LogP contribution is 2.33. The molecule has 1 aliphatic carbocycles. The van der Waals surface area contributed by atoms with E-state index in [1.54, 1.807) is 35.6 Å². The molecule has 2 N–H and O–H groups in total. The maximum Gasteiger partial charge on any atom is 0.255 e. The summed E-state index contributed by atoms with van der Waals surface area (Å²) >= 11 is 0. The third kappa shape index (κ3) is 6.49. The van der Waals surface area contributed by atoms with Gasteiger partial charge in [0.1, 0.15) is 36.3 Å². The number of allylic oxidation sites excluding steroid dienone is 1. The number of hydrogen-bond donors (Lipinski definition) is 2. The lowest BCUT2D eigenvalue weighted by atomic mass is 9.92. The van der Waals surface area contributed by atoms with Gasteiger partial charge in [0.2, 0.25) is 17.7 Å². The summed E-state index contributed by atoms with van der Waals surface area (Å²) in [6.07, 6.45) is 11.3. The van der Waals surface area contributed by atoms with Gasteiger partial charge in [-0.3, -0.25) is 14.6 Å². The number of aromatic nitrogens is 5. The summed E-state index contributed by atoms with van der Waals surface area (Å²) in [6.45, 7) is 4.30. The van der Waals surface area contributed by atoms with Gasteiger partial charge in [-0.05, 0) is 66.3 Å². The molecule has 1 saturated heterocycles. The van der Waals surface area contributed by atoms with Crippen molar-refractivity contribution in [3.63, 3.8) is 0 Å². The van der Waals surface area contributed by atoms with Crippen LogP contribution in [0.4, 0.5) is 0 Å². The average Bonchev–Trinajstić information content (AvgIpc) is 3.69. The molecule has 3 aliphatic rings. The van der Waals surface area contributed by atoms with Gasteiger partial charge in [-0.15, -0.1) is 0 Å². The van der Waals surface area contributed by atoms with Gasteiger partial charge in [0.05, 0.1) is 12.4 Å². The summed E-state index contributed by atoms with van der Waals surface area (Å²) in [4.78, 5) is 48.0. The van der Waals surface area contributed by atoms with Gasteiger partial charge in [0, 0.05) is 82.7 Å². The number of hydrogen-bond acceptors (Lipinski definition) is 9. The van der Waals surface area contributed by atoms with Gasteiger partial charge in [0.15, 0.2) is 0 Å². The number of piperidine rings is 1. The number of nitrogens with one attached hydrogen (secondary N) is 2. The predicted octanol–water partition coefficient (Wildman–Crippen LogP) is 5.74. The van der Waals surface area contributed by atoms with Gasteiger partial charge in [-0.1, -0.05) is 24.6 Å². The molecule has 4 aromatic heterocycles. The first-order valence-electron chi connectivity index (χ1n) is 17.4. The van der Waals surface area contributed by atoms with Crippen molar-refractivity contribution in [3.8, 4) is 40.5 Å². The highest BCUT2D eigenvalue weighted by Gasteiger charge is 2.38. The highest BCUT2D eigenvalue weighted by atomic mass is 16.5. The maximum atomic E-state index is 13.0. The standard InChI is InChI=1S/C41H33N7O5/c1-24-4-10-37(40(49)46-24)48-23-27-15-29(7-9-32(27)41(48)50)51-14-2-3-28-20-45-39(22-43-28)53-31-17-30(18-31)52-38-11-6-26(19-44-38)25-5-8-33-34-21-42-13-12-35(34)47-36(33)16-25/h5-9,11-13,15-16,19-22,30-31,37,47H,1,4,10,14,17-18,23H2,(H,46,49). The molecule has 2 aliphatic heterocycles. The molecule has 1 saturated carbocycles. The maximum absolute atomic E-state index is 13.0. The van der Waals surface area contributed by atoms with Crippen molar-refractivity contribution in [2.24, 2.45) is 0 Å². The van der Waals surface area contributed by atoms with Gasteiger partial charge in [-0.2, -0.15) is 0 Å². The van der Waals surface area contributed by atoms with Gasteiger partial charge in [-0.25, -0.2) is 15.0 Å². The van der Waals surface area contributed by atoms with Crippen molar-refractivity contribution in [2.75, 3.05) is 6.61 Å². The predicted molar refractivity (Wildman–Crippen MR) is 196 cm³/mol. The number of fused-ring (bicyclic) bond motifs is 4. The SMILES string of the molecule is C=C1CCC(N2Cc3cc(OCC#Cc4cnc(OC5CC(Oc6ccc(-c7ccc8c(c7)[nH]c7ccncc78)cn6)C5)cn4)ccc3C2=O)C(=O)N1. The molecule has 2 amide bonds. The average molecular weight is 704 g/mol. The molecule has 12 nitrogen and oxygen atoms in total. The quantitative estimate of drug-likeness (QED) is 0.190. The lowest BCUT2D eigenvalue weighted by Crippen LogP contribution is -2.49. The number of carbonyl (C=O) groups excluding carboxylic acids is 2. The summed E-state index contributed by atoms with van der Waals surface area (Å²) < 4.78 is 17.9. The van der Waals surface area contributed by atoms with Crippen LogP contribution in [-0.4, -0.2) is 66.5 Å². The van der Waals surface area contributed by atoms with E-state index >= 15 is 0 Å². The molecule has 262 valence electrons. The summed E-state index contributed by atoms with van der Waals surface area (Å²) in [6, 6.07) is 17.1. The first-order chi connectivity index (χ1) is 25.9. The van der Waals surface area contributed by atoms with Gasteiger partial charge < -0.3 is 29.4 Å². The van der Waals surface area contributed by atoms with E-state index in [2.05, 4.69) is 66.9 Å². The van der Waals surface area contributed by atoms with Crippen LogP contribution in [0.2, 0.25) is 0 Å². The number of nitrogens with zero attached hydrogens (tertiary/aromatic N) is 5. The Bertz CT molecular complexity index is 2460. The van der Waals surface area contributed by atoms with Crippen molar-refractivity contribution in [1.29, 1.82) is 0 Å². The normalized spacial score (nSPS) is 19.3. The monoisotopic (exact) mass is 703 g/mol. The van der Waals surface area contributed by atoms with Crippen LogP contribution >= 0.6 is 0 Å². The van der Waals surface area contributed by atoms with E-state index in [-0.39, 0.29) is 30.6 Å². The van der Waals surface area contributed by atoms with E-state index in [0.29, 0.717) is 53.9 Å². The number of carbonyl (C=O) groups is 2. The van der Waals surface area contributed by atoms with Crippen LogP contribution < -0.4 is 19.5 Å². The lowest BCUT2D eigenvalue weighted by molar-refractivity contribution is -0.126. The molecule has 0 spiro atoms. The molecular weight excluding hydrogens is 670 g/mol. The zero-order chi connectivity index (χ0) is 35.9.